The summed E-state index contributed by atoms with van der Waals surface area (Å²) in [7, 11) is 2.05. The van der Waals surface area contributed by atoms with E-state index in [-0.39, 0.29) is 0 Å². The van der Waals surface area contributed by atoms with Gasteiger partial charge in [0.25, 0.3) is 0 Å². The van der Waals surface area contributed by atoms with Crippen LogP contribution in [0.15, 0.2) is 12.1 Å². The van der Waals surface area contributed by atoms with Gasteiger partial charge >= 0.3 is 0 Å². The van der Waals surface area contributed by atoms with Gasteiger partial charge in [-0.3, -0.25) is 0 Å². The number of hydrogen-bond acceptors (Lipinski definition) is 2. The summed E-state index contributed by atoms with van der Waals surface area (Å²) in [5.74, 6) is 1.28. The standard InChI is InChI=1S/C12H18Cl2N2/c1-4-5-9(2)16(3)12-7-6-10(14)11(8-13)15-12/h6-7,9H,4-5,8H2,1-3H3. The van der Waals surface area contributed by atoms with E-state index in [0.29, 0.717) is 16.9 Å². The first-order valence-corrected chi connectivity index (χ1v) is 6.45. The van der Waals surface area contributed by atoms with Gasteiger partial charge in [0.05, 0.1) is 16.6 Å². The van der Waals surface area contributed by atoms with Gasteiger partial charge < -0.3 is 4.90 Å². The second-order valence-corrected chi connectivity index (χ2v) is 4.65. The number of aromatic nitrogens is 1. The maximum absolute atomic E-state index is 5.98. The Balaban J connectivity index is 2.87. The van der Waals surface area contributed by atoms with Gasteiger partial charge in [0.15, 0.2) is 0 Å². The summed E-state index contributed by atoms with van der Waals surface area (Å²) in [4.78, 5) is 6.62. The van der Waals surface area contributed by atoms with E-state index >= 15 is 0 Å². The highest BCUT2D eigenvalue weighted by Crippen LogP contribution is 2.21. The van der Waals surface area contributed by atoms with Crippen molar-refractivity contribution in [1.82, 2.24) is 4.98 Å². The van der Waals surface area contributed by atoms with Gasteiger partial charge in [-0.25, -0.2) is 4.98 Å². The lowest BCUT2D eigenvalue weighted by Gasteiger charge is -2.26. The molecule has 0 radical (unpaired) electrons. The highest BCUT2D eigenvalue weighted by molar-refractivity contribution is 6.32. The molecule has 0 saturated carbocycles. The van der Waals surface area contributed by atoms with Crippen molar-refractivity contribution in [1.29, 1.82) is 0 Å². The third kappa shape index (κ3) is 3.26. The van der Waals surface area contributed by atoms with Crippen LogP contribution in [0.3, 0.4) is 0 Å². The molecule has 0 aliphatic heterocycles. The second kappa shape index (κ2) is 6.31. The number of rotatable bonds is 5. The first-order valence-electron chi connectivity index (χ1n) is 5.54. The van der Waals surface area contributed by atoms with Crippen molar-refractivity contribution in [3.8, 4) is 0 Å². The molecular weight excluding hydrogens is 243 g/mol. The van der Waals surface area contributed by atoms with Gasteiger partial charge in [-0.1, -0.05) is 24.9 Å². The zero-order valence-corrected chi connectivity index (χ0v) is 11.5. The molecule has 0 N–H and O–H groups in total. The van der Waals surface area contributed by atoms with Crippen LogP contribution in [-0.2, 0) is 5.88 Å². The van der Waals surface area contributed by atoms with E-state index in [1.165, 1.54) is 6.42 Å². The van der Waals surface area contributed by atoms with E-state index in [4.69, 9.17) is 23.2 Å². The predicted molar refractivity (Wildman–Crippen MR) is 71.6 cm³/mol. The molecule has 0 fully saturated rings. The lowest BCUT2D eigenvalue weighted by molar-refractivity contribution is 0.611. The molecule has 4 heteroatoms. The third-order valence-electron chi connectivity index (χ3n) is 2.76. The summed E-state index contributed by atoms with van der Waals surface area (Å²) in [5, 5.41) is 0.635. The predicted octanol–water partition coefficient (Wildman–Crippen LogP) is 4.10. The molecule has 0 bridgehead atoms. The Kier molecular flexibility index (Phi) is 5.36. The molecule has 1 aromatic heterocycles. The molecule has 90 valence electrons. The van der Waals surface area contributed by atoms with Crippen molar-refractivity contribution >= 4 is 29.0 Å². The monoisotopic (exact) mass is 260 g/mol. The Morgan fingerprint density at radius 3 is 2.69 bits per heavy atom. The van der Waals surface area contributed by atoms with Crippen LogP contribution in [-0.4, -0.2) is 18.1 Å². The van der Waals surface area contributed by atoms with Gasteiger partial charge in [0, 0.05) is 13.1 Å². The van der Waals surface area contributed by atoms with Gasteiger partial charge in [-0.05, 0) is 25.5 Å². The van der Waals surface area contributed by atoms with Crippen LogP contribution in [0.25, 0.3) is 0 Å². The topological polar surface area (TPSA) is 16.1 Å². The van der Waals surface area contributed by atoms with Crippen LogP contribution in [0.1, 0.15) is 32.4 Å². The number of hydrogen-bond donors (Lipinski definition) is 0. The van der Waals surface area contributed by atoms with Crippen LogP contribution in [0.2, 0.25) is 5.02 Å². The minimum Gasteiger partial charge on any atom is -0.357 e. The molecule has 0 spiro atoms. The average Bonchev–Trinajstić information content (AvgIpc) is 2.29. The fraction of sp³-hybridized carbons (Fsp3) is 0.583. The molecule has 0 amide bonds. The Labute approximate surface area is 108 Å². The Morgan fingerprint density at radius 2 is 2.12 bits per heavy atom. The largest absolute Gasteiger partial charge is 0.357 e. The van der Waals surface area contributed by atoms with Gasteiger partial charge in [-0.2, -0.15) is 0 Å². The van der Waals surface area contributed by atoms with Crippen LogP contribution in [0.5, 0.6) is 0 Å². The number of halogens is 2. The van der Waals surface area contributed by atoms with Crippen LogP contribution in [0.4, 0.5) is 5.82 Å². The second-order valence-electron chi connectivity index (χ2n) is 3.98. The highest BCUT2D eigenvalue weighted by Gasteiger charge is 2.11. The summed E-state index contributed by atoms with van der Waals surface area (Å²) in [5.41, 5.74) is 0.747. The van der Waals surface area contributed by atoms with Gasteiger partial charge in [-0.15, -0.1) is 11.6 Å². The molecule has 1 atom stereocenters. The first kappa shape index (κ1) is 13.6. The molecule has 0 aliphatic carbocycles. The molecule has 0 aromatic carbocycles. The molecule has 16 heavy (non-hydrogen) atoms. The van der Waals surface area contributed by atoms with Gasteiger partial charge in [0.2, 0.25) is 0 Å². The molecular formula is C12H18Cl2N2. The van der Waals surface area contributed by atoms with Crippen LogP contribution in [0, 0.1) is 0 Å². The molecule has 1 rings (SSSR count). The summed E-state index contributed by atoms with van der Waals surface area (Å²) >= 11 is 11.8. The lowest BCUT2D eigenvalue weighted by Crippen LogP contribution is -2.29. The zero-order valence-electron chi connectivity index (χ0n) is 10.0. The smallest absolute Gasteiger partial charge is 0.128 e. The van der Waals surface area contributed by atoms with Crippen molar-refractivity contribution in [2.24, 2.45) is 0 Å². The minimum absolute atomic E-state index is 0.350. The summed E-state index contributed by atoms with van der Waals surface area (Å²) in [6.07, 6.45) is 2.32. The SMILES string of the molecule is CCCC(C)N(C)c1ccc(Cl)c(CCl)n1. The number of anilines is 1. The average molecular weight is 261 g/mol. The molecule has 2 nitrogen and oxygen atoms in total. The van der Waals surface area contributed by atoms with Crippen molar-refractivity contribution in [2.45, 2.75) is 38.6 Å². The van der Waals surface area contributed by atoms with E-state index in [9.17, 15) is 0 Å². The van der Waals surface area contributed by atoms with Crippen molar-refractivity contribution in [3.05, 3.63) is 22.8 Å². The molecule has 1 unspecified atom stereocenters. The minimum atomic E-state index is 0.350. The summed E-state index contributed by atoms with van der Waals surface area (Å²) < 4.78 is 0. The number of alkyl halides is 1. The lowest BCUT2D eigenvalue weighted by atomic mass is 10.2. The van der Waals surface area contributed by atoms with Gasteiger partial charge in [0.1, 0.15) is 5.82 Å². The quantitative estimate of drug-likeness (QED) is 0.742. The van der Waals surface area contributed by atoms with Crippen molar-refractivity contribution in [2.75, 3.05) is 11.9 Å². The summed E-state index contributed by atoms with van der Waals surface area (Å²) in [6, 6.07) is 4.27. The van der Waals surface area contributed by atoms with E-state index < -0.39 is 0 Å². The number of nitrogens with zero attached hydrogens (tertiary/aromatic N) is 2. The van der Waals surface area contributed by atoms with E-state index in [2.05, 4.69) is 30.8 Å². The Bertz CT molecular complexity index is 342. The van der Waals surface area contributed by atoms with Crippen LogP contribution >= 0.6 is 23.2 Å². The van der Waals surface area contributed by atoms with Crippen LogP contribution < -0.4 is 4.90 Å². The molecule has 1 aromatic rings. The van der Waals surface area contributed by atoms with E-state index in [1.54, 1.807) is 0 Å². The van der Waals surface area contributed by atoms with Crippen molar-refractivity contribution < 1.29 is 0 Å². The maximum atomic E-state index is 5.98. The molecule has 0 aliphatic rings. The molecule has 0 saturated heterocycles. The summed E-state index contributed by atoms with van der Waals surface area (Å²) in [6.45, 7) is 4.38. The fourth-order valence-electron chi connectivity index (χ4n) is 1.60. The van der Waals surface area contributed by atoms with E-state index in [1.807, 2.05) is 12.1 Å². The molecule has 1 heterocycles. The first-order chi connectivity index (χ1) is 7.60. The van der Waals surface area contributed by atoms with E-state index in [0.717, 1.165) is 17.9 Å². The number of pyridine rings is 1. The zero-order chi connectivity index (χ0) is 12.1. The Morgan fingerprint density at radius 1 is 1.44 bits per heavy atom. The van der Waals surface area contributed by atoms with Crippen molar-refractivity contribution in [3.63, 3.8) is 0 Å². The Hall–Kier alpha value is -0.470. The normalized spacial score (nSPS) is 12.6. The maximum Gasteiger partial charge on any atom is 0.128 e. The fourth-order valence-corrected chi connectivity index (χ4v) is 2.04. The third-order valence-corrected chi connectivity index (χ3v) is 3.36. The highest BCUT2D eigenvalue weighted by atomic mass is 35.5.